The average Bonchev–Trinajstić information content (AvgIpc) is 3.08. The number of nitrogens with one attached hydrogen (secondary N) is 1. The third-order valence-corrected chi connectivity index (χ3v) is 9.32. The smallest absolute Gasteiger partial charge is 0.264 e. The summed E-state index contributed by atoms with van der Waals surface area (Å²) in [5.41, 5.74) is 2.74. The lowest BCUT2D eigenvalue weighted by atomic mass is 10.0. The fourth-order valence-electron chi connectivity index (χ4n) is 5.02. The molecule has 4 aromatic carbocycles. The summed E-state index contributed by atoms with van der Waals surface area (Å²) in [7, 11) is -1.17. The molecule has 4 rings (SSSR count). The predicted molar refractivity (Wildman–Crippen MR) is 179 cm³/mol. The Balaban J connectivity index is 1.82. The van der Waals surface area contributed by atoms with Crippen LogP contribution in [0.4, 0.5) is 5.69 Å². The Morgan fingerprint density at radius 1 is 0.804 bits per heavy atom. The van der Waals surface area contributed by atoms with Crippen molar-refractivity contribution in [3.05, 3.63) is 120 Å². The summed E-state index contributed by atoms with van der Waals surface area (Å²) in [5.74, 6) is 0.160. The summed E-state index contributed by atoms with van der Waals surface area (Å²) in [6, 6.07) is 28.8. The van der Waals surface area contributed by atoms with Crippen molar-refractivity contribution in [3.63, 3.8) is 0 Å². The summed E-state index contributed by atoms with van der Waals surface area (Å²) < 4.78 is 40.3. The molecule has 0 radical (unpaired) electrons. The van der Waals surface area contributed by atoms with Gasteiger partial charge in [0.25, 0.3) is 10.0 Å². The van der Waals surface area contributed by atoms with E-state index in [-0.39, 0.29) is 29.5 Å². The summed E-state index contributed by atoms with van der Waals surface area (Å²) in [5, 5.41) is 2.95. The van der Waals surface area contributed by atoms with Gasteiger partial charge < -0.3 is 19.7 Å². The molecule has 0 aliphatic rings. The van der Waals surface area contributed by atoms with Crippen molar-refractivity contribution in [2.75, 3.05) is 31.6 Å². The highest BCUT2D eigenvalue weighted by Gasteiger charge is 2.34. The van der Waals surface area contributed by atoms with Crippen LogP contribution in [0.2, 0.25) is 0 Å². The first-order valence-corrected chi connectivity index (χ1v) is 16.6. The zero-order valence-electron chi connectivity index (χ0n) is 26.7. The fraction of sp³-hybridized carbons (Fsp3) is 0.278. The second-order valence-electron chi connectivity index (χ2n) is 10.9. The van der Waals surface area contributed by atoms with Crippen LogP contribution in [-0.4, -0.2) is 58.5 Å². The Morgan fingerprint density at radius 3 is 2.09 bits per heavy atom. The summed E-state index contributed by atoms with van der Waals surface area (Å²) >= 11 is 0. The molecule has 0 unspecified atom stereocenters. The van der Waals surface area contributed by atoms with Crippen LogP contribution in [0.5, 0.6) is 11.5 Å². The maximum absolute atomic E-state index is 14.6. The van der Waals surface area contributed by atoms with E-state index in [9.17, 15) is 18.0 Å². The van der Waals surface area contributed by atoms with Gasteiger partial charge in [0.05, 0.1) is 24.8 Å². The molecule has 0 aliphatic carbocycles. The van der Waals surface area contributed by atoms with Gasteiger partial charge in [0.2, 0.25) is 11.8 Å². The van der Waals surface area contributed by atoms with Crippen LogP contribution >= 0.6 is 0 Å². The number of carbonyl (C=O) groups is 2. The molecule has 0 fully saturated rings. The molecular weight excluding hydrogens is 602 g/mol. The van der Waals surface area contributed by atoms with Gasteiger partial charge in [-0.15, -0.1) is 0 Å². The molecule has 1 N–H and O–H groups in total. The number of hydrogen-bond donors (Lipinski definition) is 1. The number of anilines is 1. The van der Waals surface area contributed by atoms with E-state index in [1.54, 1.807) is 55.6 Å². The second kappa shape index (κ2) is 15.9. The van der Waals surface area contributed by atoms with Crippen molar-refractivity contribution in [1.29, 1.82) is 0 Å². The van der Waals surface area contributed by atoms with Gasteiger partial charge in [-0.2, -0.15) is 0 Å². The Labute approximate surface area is 271 Å². The van der Waals surface area contributed by atoms with Crippen molar-refractivity contribution in [3.8, 4) is 11.5 Å². The van der Waals surface area contributed by atoms with Gasteiger partial charge in [-0.05, 0) is 60.9 Å². The van der Waals surface area contributed by atoms with E-state index in [4.69, 9.17) is 9.47 Å². The predicted octanol–water partition coefficient (Wildman–Crippen LogP) is 5.37. The van der Waals surface area contributed by atoms with E-state index in [0.29, 0.717) is 24.5 Å². The Morgan fingerprint density at radius 2 is 1.43 bits per heavy atom. The van der Waals surface area contributed by atoms with Crippen LogP contribution in [0.3, 0.4) is 0 Å². The van der Waals surface area contributed by atoms with Crippen LogP contribution < -0.4 is 19.1 Å². The molecule has 0 bridgehead atoms. The minimum atomic E-state index is -4.22. The second-order valence-corrected chi connectivity index (χ2v) is 12.8. The summed E-state index contributed by atoms with van der Waals surface area (Å²) in [4.78, 5) is 29.8. The molecule has 242 valence electrons. The molecule has 0 aromatic heterocycles. The van der Waals surface area contributed by atoms with Crippen molar-refractivity contribution in [2.45, 2.75) is 44.2 Å². The van der Waals surface area contributed by atoms with Crippen LogP contribution in [0.1, 0.15) is 30.0 Å². The minimum Gasteiger partial charge on any atom is -0.497 e. The van der Waals surface area contributed by atoms with E-state index in [1.165, 1.54) is 24.1 Å². The molecule has 1 atom stereocenters. The average molecular weight is 644 g/mol. The number of hydrogen-bond acceptors (Lipinski definition) is 6. The molecule has 4 aromatic rings. The highest BCUT2D eigenvalue weighted by atomic mass is 32.2. The molecule has 0 aliphatic heterocycles. The van der Waals surface area contributed by atoms with Gasteiger partial charge >= 0.3 is 0 Å². The molecule has 2 amide bonds. The number of nitrogens with zero attached hydrogens (tertiary/aromatic N) is 2. The summed E-state index contributed by atoms with van der Waals surface area (Å²) in [6.45, 7) is 3.74. The number of amides is 2. The standard InChI is InChI=1S/C36H41N3O6S/c1-5-21-37-36(41)34(23-28-11-7-6-8-12-28)38(25-29-13-9-15-31(22-29)44-3)35(40)26-39(30-14-10-16-32(24-30)45-4)46(42,43)33-19-17-27(2)18-20-33/h6-20,22,24,34H,5,21,23,25-26H2,1-4H3,(H,37,41)/t34-/m1/s1. The maximum Gasteiger partial charge on any atom is 0.264 e. The highest BCUT2D eigenvalue weighted by Crippen LogP contribution is 2.28. The largest absolute Gasteiger partial charge is 0.497 e. The number of methoxy groups -OCH3 is 2. The van der Waals surface area contributed by atoms with E-state index in [2.05, 4.69) is 5.32 Å². The topological polar surface area (TPSA) is 105 Å². The van der Waals surface area contributed by atoms with Gasteiger partial charge in [0, 0.05) is 25.6 Å². The van der Waals surface area contributed by atoms with Gasteiger partial charge in [0.1, 0.15) is 24.1 Å². The number of rotatable bonds is 15. The lowest BCUT2D eigenvalue weighted by molar-refractivity contribution is -0.140. The molecule has 46 heavy (non-hydrogen) atoms. The number of ether oxygens (including phenoxy) is 2. The molecule has 9 nitrogen and oxygen atoms in total. The van der Waals surface area contributed by atoms with Crippen LogP contribution in [0.15, 0.2) is 108 Å². The number of aryl methyl sites for hydroxylation is 1. The monoisotopic (exact) mass is 643 g/mol. The highest BCUT2D eigenvalue weighted by molar-refractivity contribution is 7.92. The Kier molecular flexibility index (Phi) is 11.8. The number of benzene rings is 4. The molecule has 0 heterocycles. The molecular formula is C36H41N3O6S. The fourth-order valence-corrected chi connectivity index (χ4v) is 6.43. The van der Waals surface area contributed by atoms with Crippen molar-refractivity contribution in [2.24, 2.45) is 0 Å². The molecule has 0 saturated carbocycles. The van der Waals surface area contributed by atoms with Gasteiger partial charge in [-0.1, -0.05) is 73.2 Å². The van der Waals surface area contributed by atoms with E-state index >= 15 is 0 Å². The number of sulfonamides is 1. The molecule has 0 spiro atoms. The Hall–Kier alpha value is -4.83. The van der Waals surface area contributed by atoms with Crippen molar-refractivity contribution < 1.29 is 27.5 Å². The number of carbonyl (C=O) groups excluding carboxylic acids is 2. The van der Waals surface area contributed by atoms with Crippen molar-refractivity contribution in [1.82, 2.24) is 10.2 Å². The minimum absolute atomic E-state index is 0.0367. The molecule has 10 heteroatoms. The third-order valence-electron chi connectivity index (χ3n) is 7.54. The van der Waals surface area contributed by atoms with E-state index < -0.39 is 28.5 Å². The van der Waals surface area contributed by atoms with Crippen molar-refractivity contribution >= 4 is 27.5 Å². The lowest BCUT2D eigenvalue weighted by Gasteiger charge is -2.34. The normalized spacial score (nSPS) is 11.7. The van der Waals surface area contributed by atoms with Crippen LogP contribution in [-0.2, 0) is 32.6 Å². The lowest BCUT2D eigenvalue weighted by Crippen LogP contribution is -2.53. The van der Waals surface area contributed by atoms with Crippen LogP contribution in [0, 0.1) is 6.92 Å². The first-order valence-electron chi connectivity index (χ1n) is 15.1. The summed E-state index contributed by atoms with van der Waals surface area (Å²) in [6.07, 6.45) is 0.946. The SMILES string of the molecule is CCCNC(=O)[C@@H](Cc1ccccc1)N(Cc1cccc(OC)c1)C(=O)CN(c1cccc(OC)c1)S(=O)(=O)c1ccc(C)cc1. The Bertz CT molecular complexity index is 1710. The third kappa shape index (κ3) is 8.66. The first-order chi connectivity index (χ1) is 22.2. The first kappa shape index (κ1) is 34.1. The van der Waals surface area contributed by atoms with Crippen LogP contribution in [0.25, 0.3) is 0 Å². The zero-order valence-corrected chi connectivity index (χ0v) is 27.5. The quantitative estimate of drug-likeness (QED) is 0.187. The molecule has 0 saturated heterocycles. The zero-order chi connectivity index (χ0) is 33.1. The van der Waals surface area contributed by atoms with Gasteiger partial charge in [0.15, 0.2) is 0 Å². The maximum atomic E-state index is 14.6. The van der Waals surface area contributed by atoms with Gasteiger partial charge in [-0.3, -0.25) is 13.9 Å². The van der Waals surface area contributed by atoms with Gasteiger partial charge in [-0.25, -0.2) is 8.42 Å². The van der Waals surface area contributed by atoms with E-state index in [0.717, 1.165) is 21.0 Å². The van der Waals surface area contributed by atoms with E-state index in [1.807, 2.05) is 56.3 Å².